The molecular formula is C63H100O6. The summed E-state index contributed by atoms with van der Waals surface area (Å²) in [6, 6.07) is 0. The first kappa shape index (κ1) is 64.5. The van der Waals surface area contributed by atoms with E-state index in [1.807, 2.05) is 0 Å². The molecule has 0 aromatic rings. The van der Waals surface area contributed by atoms with Crippen molar-refractivity contribution in [1.82, 2.24) is 0 Å². The SMILES string of the molecule is CC/C=C\C/C=C\C/C=C\C/C=C\C/C=C\C/C=C\CCCCCCC(=O)OCC(COC(=O)CCCCCCC/C=C\CCCCCC)OC(=O)CCCC/C=C\C/C=C\C/C=C\C/C=C\CC. The fourth-order valence-electron chi connectivity index (χ4n) is 7.02. The van der Waals surface area contributed by atoms with Crippen molar-refractivity contribution in [2.24, 2.45) is 0 Å². The van der Waals surface area contributed by atoms with Crippen LogP contribution >= 0.6 is 0 Å². The van der Waals surface area contributed by atoms with Crippen LogP contribution in [0.15, 0.2) is 134 Å². The lowest BCUT2D eigenvalue weighted by molar-refractivity contribution is -0.167. The molecule has 0 fully saturated rings. The molecular weight excluding hydrogens is 853 g/mol. The molecule has 1 atom stereocenters. The zero-order valence-electron chi connectivity index (χ0n) is 44.3. The molecule has 6 heteroatoms. The first-order valence-electron chi connectivity index (χ1n) is 27.7. The summed E-state index contributed by atoms with van der Waals surface area (Å²) >= 11 is 0. The van der Waals surface area contributed by atoms with Crippen molar-refractivity contribution < 1.29 is 28.6 Å². The van der Waals surface area contributed by atoms with Gasteiger partial charge in [-0.2, -0.15) is 0 Å². The van der Waals surface area contributed by atoms with Gasteiger partial charge in [-0.15, -0.1) is 0 Å². The molecule has 0 radical (unpaired) electrons. The molecule has 0 amide bonds. The van der Waals surface area contributed by atoms with Crippen LogP contribution in [-0.2, 0) is 28.6 Å². The summed E-state index contributed by atoms with van der Waals surface area (Å²) in [5.74, 6) is -0.995. The predicted octanol–water partition coefficient (Wildman–Crippen LogP) is 18.6. The van der Waals surface area contributed by atoms with E-state index < -0.39 is 6.10 Å². The van der Waals surface area contributed by atoms with Crippen molar-refractivity contribution in [1.29, 1.82) is 0 Å². The molecule has 0 aliphatic heterocycles. The van der Waals surface area contributed by atoms with Crippen molar-refractivity contribution >= 4 is 17.9 Å². The van der Waals surface area contributed by atoms with E-state index in [1.165, 1.54) is 38.5 Å². The first-order chi connectivity index (χ1) is 34.0. The van der Waals surface area contributed by atoms with Crippen LogP contribution in [0.5, 0.6) is 0 Å². The standard InChI is InChI=1S/C63H100O6/c1-4-7-10-13-16-19-22-25-27-28-29-30-31-32-33-34-36-38-41-44-47-50-53-56-62(65)68-59-60(58-67-61(64)55-52-49-46-43-40-37-24-21-18-15-12-9-6-3)69-63(66)57-54-51-48-45-42-39-35-26-23-20-17-14-11-8-5-2/h7-8,10-11,16-17,19-21,24-27,29-30,32-33,35-36,38,42,45,60H,4-6,9,12-15,18,22-23,28,31,34,37,39-41,43-44,46-59H2,1-3H3/b10-7-,11-8-,19-16-,20-17-,24-21-,27-25-,30-29-,33-32-,35-26-,38-36-,45-42-. The van der Waals surface area contributed by atoms with E-state index in [9.17, 15) is 14.4 Å². The van der Waals surface area contributed by atoms with E-state index in [4.69, 9.17) is 14.2 Å². The van der Waals surface area contributed by atoms with E-state index in [1.54, 1.807) is 0 Å². The molecule has 6 nitrogen and oxygen atoms in total. The normalized spacial score (nSPS) is 13.1. The Morgan fingerprint density at radius 1 is 0.304 bits per heavy atom. The summed E-state index contributed by atoms with van der Waals surface area (Å²) in [5.41, 5.74) is 0. The predicted molar refractivity (Wildman–Crippen MR) is 297 cm³/mol. The summed E-state index contributed by atoms with van der Waals surface area (Å²) in [6.45, 7) is 6.31. The van der Waals surface area contributed by atoms with Crippen LogP contribution in [0.1, 0.15) is 226 Å². The van der Waals surface area contributed by atoms with Gasteiger partial charge in [-0.05, 0) is 135 Å². The Morgan fingerprint density at radius 2 is 0.565 bits per heavy atom. The molecule has 0 aromatic carbocycles. The molecule has 1 unspecified atom stereocenters. The van der Waals surface area contributed by atoms with Crippen molar-refractivity contribution in [2.75, 3.05) is 13.2 Å². The van der Waals surface area contributed by atoms with Gasteiger partial charge >= 0.3 is 17.9 Å². The number of hydrogen-bond acceptors (Lipinski definition) is 6. The maximum absolute atomic E-state index is 12.8. The van der Waals surface area contributed by atoms with E-state index in [0.29, 0.717) is 19.3 Å². The Balaban J connectivity index is 4.49. The van der Waals surface area contributed by atoms with Gasteiger partial charge in [-0.1, -0.05) is 206 Å². The monoisotopic (exact) mass is 953 g/mol. The van der Waals surface area contributed by atoms with E-state index in [2.05, 4.69) is 154 Å². The van der Waals surface area contributed by atoms with Gasteiger partial charge in [0, 0.05) is 19.3 Å². The number of rotatable bonds is 48. The number of carbonyl (C=O) groups excluding carboxylic acids is 3. The van der Waals surface area contributed by atoms with Gasteiger partial charge in [0.1, 0.15) is 13.2 Å². The molecule has 0 N–H and O–H groups in total. The highest BCUT2D eigenvalue weighted by molar-refractivity contribution is 5.71. The Morgan fingerprint density at radius 3 is 0.928 bits per heavy atom. The van der Waals surface area contributed by atoms with Crippen LogP contribution in [0.2, 0.25) is 0 Å². The highest BCUT2D eigenvalue weighted by Gasteiger charge is 2.19. The zero-order valence-corrected chi connectivity index (χ0v) is 44.3. The zero-order chi connectivity index (χ0) is 50.0. The number of allylic oxidation sites excluding steroid dienone is 22. The van der Waals surface area contributed by atoms with Crippen molar-refractivity contribution in [3.05, 3.63) is 134 Å². The highest BCUT2D eigenvalue weighted by atomic mass is 16.6. The minimum Gasteiger partial charge on any atom is -0.462 e. The fraction of sp³-hybridized carbons (Fsp3) is 0.603. The number of hydrogen-bond donors (Lipinski definition) is 0. The fourth-order valence-corrected chi connectivity index (χ4v) is 7.02. The Bertz CT molecular complexity index is 1510. The third-order valence-electron chi connectivity index (χ3n) is 11.1. The first-order valence-corrected chi connectivity index (χ1v) is 27.7. The Hall–Kier alpha value is -4.45. The third kappa shape index (κ3) is 54.4. The van der Waals surface area contributed by atoms with Crippen molar-refractivity contribution in [2.45, 2.75) is 232 Å². The van der Waals surface area contributed by atoms with Crippen LogP contribution in [0.25, 0.3) is 0 Å². The minimum atomic E-state index is -0.819. The average Bonchev–Trinajstić information content (AvgIpc) is 3.35. The van der Waals surface area contributed by atoms with Gasteiger partial charge in [0.05, 0.1) is 0 Å². The number of carbonyl (C=O) groups is 3. The molecule has 0 saturated carbocycles. The number of unbranched alkanes of at least 4 members (excludes halogenated alkanes) is 15. The second kappa shape index (κ2) is 56.1. The van der Waals surface area contributed by atoms with Gasteiger partial charge in [-0.3, -0.25) is 14.4 Å². The molecule has 0 spiro atoms. The van der Waals surface area contributed by atoms with Crippen molar-refractivity contribution in [3.63, 3.8) is 0 Å². The summed E-state index contributed by atoms with van der Waals surface area (Å²) in [7, 11) is 0. The maximum Gasteiger partial charge on any atom is 0.306 e. The molecule has 0 saturated heterocycles. The number of ether oxygens (including phenoxy) is 3. The molecule has 0 aliphatic rings. The van der Waals surface area contributed by atoms with Crippen LogP contribution in [0.3, 0.4) is 0 Å². The van der Waals surface area contributed by atoms with E-state index >= 15 is 0 Å². The van der Waals surface area contributed by atoms with Gasteiger partial charge in [0.25, 0.3) is 0 Å². The maximum atomic E-state index is 12.8. The van der Waals surface area contributed by atoms with Crippen LogP contribution in [-0.4, -0.2) is 37.2 Å². The molecule has 0 rings (SSSR count). The molecule has 0 heterocycles. The lowest BCUT2D eigenvalue weighted by atomic mass is 10.1. The summed E-state index contributed by atoms with van der Waals surface area (Å²) < 4.78 is 16.8. The van der Waals surface area contributed by atoms with Crippen LogP contribution < -0.4 is 0 Å². The van der Waals surface area contributed by atoms with Gasteiger partial charge in [0.2, 0.25) is 0 Å². The lowest BCUT2D eigenvalue weighted by Crippen LogP contribution is -2.30. The average molecular weight is 953 g/mol. The summed E-state index contributed by atoms with van der Waals surface area (Å²) in [5, 5.41) is 0. The molecule has 388 valence electrons. The number of esters is 3. The molecule has 69 heavy (non-hydrogen) atoms. The van der Waals surface area contributed by atoms with Crippen LogP contribution in [0.4, 0.5) is 0 Å². The molecule has 0 bridgehead atoms. The second-order valence-corrected chi connectivity index (χ2v) is 17.7. The topological polar surface area (TPSA) is 78.9 Å². The molecule has 0 aromatic heterocycles. The minimum absolute atomic E-state index is 0.112. The molecule has 0 aliphatic carbocycles. The van der Waals surface area contributed by atoms with Gasteiger partial charge < -0.3 is 14.2 Å². The van der Waals surface area contributed by atoms with Crippen molar-refractivity contribution in [3.8, 4) is 0 Å². The van der Waals surface area contributed by atoms with Gasteiger partial charge in [-0.25, -0.2) is 0 Å². The highest BCUT2D eigenvalue weighted by Crippen LogP contribution is 2.12. The summed E-state index contributed by atoms with van der Waals surface area (Å²) in [6.07, 6.45) is 78.7. The smallest absolute Gasteiger partial charge is 0.306 e. The Labute approximate surface area is 424 Å². The summed E-state index contributed by atoms with van der Waals surface area (Å²) in [4.78, 5) is 38.1. The Kier molecular flexibility index (Phi) is 52.5. The largest absolute Gasteiger partial charge is 0.462 e. The van der Waals surface area contributed by atoms with Crippen LogP contribution in [0, 0.1) is 0 Å². The third-order valence-corrected chi connectivity index (χ3v) is 11.1. The lowest BCUT2D eigenvalue weighted by Gasteiger charge is -2.18. The quantitative estimate of drug-likeness (QED) is 0.0262. The van der Waals surface area contributed by atoms with Gasteiger partial charge in [0.15, 0.2) is 6.10 Å². The van der Waals surface area contributed by atoms with E-state index in [-0.39, 0.29) is 37.5 Å². The van der Waals surface area contributed by atoms with E-state index in [0.717, 1.165) is 141 Å². The second-order valence-electron chi connectivity index (χ2n) is 17.7.